The van der Waals surface area contributed by atoms with Crippen LogP contribution in [-0.2, 0) is 6.61 Å². The lowest BCUT2D eigenvalue weighted by Crippen LogP contribution is -2.14. The van der Waals surface area contributed by atoms with Crippen molar-refractivity contribution in [3.63, 3.8) is 0 Å². The van der Waals surface area contributed by atoms with E-state index in [1.165, 1.54) is 26.4 Å². The third-order valence-corrected chi connectivity index (χ3v) is 3.41. The molecule has 1 fully saturated rings. The molecule has 4 nitrogen and oxygen atoms in total. The summed E-state index contributed by atoms with van der Waals surface area (Å²) in [4.78, 5) is 11.7. The van der Waals surface area contributed by atoms with Crippen LogP contribution in [0.3, 0.4) is 0 Å². The Morgan fingerprint density at radius 3 is 2.71 bits per heavy atom. The average Bonchev–Trinajstić information content (AvgIpc) is 2.38. The Hall–Kier alpha value is -1.29. The zero-order valence-electron chi connectivity index (χ0n) is 10.1. The minimum absolute atomic E-state index is 0.201. The van der Waals surface area contributed by atoms with Gasteiger partial charge in [0.25, 0.3) is 0 Å². The van der Waals surface area contributed by atoms with Gasteiger partial charge in [-0.1, -0.05) is 19.3 Å². The van der Waals surface area contributed by atoms with E-state index in [4.69, 9.17) is 14.3 Å². The van der Waals surface area contributed by atoms with Gasteiger partial charge >= 0.3 is 5.63 Å². The largest absolute Gasteiger partial charge is 0.496 e. The van der Waals surface area contributed by atoms with Crippen LogP contribution in [0.2, 0.25) is 0 Å². The Morgan fingerprint density at radius 1 is 1.41 bits per heavy atom. The van der Waals surface area contributed by atoms with Crippen LogP contribution in [0.1, 0.15) is 49.3 Å². The molecule has 1 aliphatic rings. The molecule has 1 heterocycles. The van der Waals surface area contributed by atoms with Gasteiger partial charge < -0.3 is 14.3 Å². The third-order valence-electron chi connectivity index (χ3n) is 3.41. The average molecular weight is 238 g/mol. The van der Waals surface area contributed by atoms with Crippen molar-refractivity contribution in [2.75, 3.05) is 7.11 Å². The molecule has 0 radical (unpaired) electrons. The zero-order valence-corrected chi connectivity index (χ0v) is 10.1. The second-order valence-electron chi connectivity index (χ2n) is 4.48. The standard InChI is InChI=1S/C13H18O4/c1-16-12-7-11(9-5-3-2-4-6-9)17-13(15)10(12)8-14/h7,9,14H,2-6,8H2,1H3. The lowest BCUT2D eigenvalue weighted by atomic mass is 9.87. The van der Waals surface area contributed by atoms with Crippen LogP contribution < -0.4 is 10.4 Å². The van der Waals surface area contributed by atoms with Crippen molar-refractivity contribution in [1.82, 2.24) is 0 Å². The molecular formula is C13H18O4. The summed E-state index contributed by atoms with van der Waals surface area (Å²) in [6, 6.07) is 1.75. The summed E-state index contributed by atoms with van der Waals surface area (Å²) in [5.41, 5.74) is -0.278. The van der Waals surface area contributed by atoms with Gasteiger partial charge in [-0.05, 0) is 12.8 Å². The van der Waals surface area contributed by atoms with Crippen LogP contribution in [0.5, 0.6) is 5.75 Å². The quantitative estimate of drug-likeness (QED) is 0.876. The SMILES string of the molecule is COc1cc(C2CCCCC2)oc(=O)c1CO. The van der Waals surface area contributed by atoms with Crippen molar-refractivity contribution in [3.8, 4) is 5.75 Å². The molecule has 1 saturated carbocycles. The van der Waals surface area contributed by atoms with Crippen molar-refractivity contribution in [3.05, 3.63) is 27.8 Å². The molecular weight excluding hydrogens is 220 g/mol. The van der Waals surface area contributed by atoms with Crippen molar-refractivity contribution in [2.45, 2.75) is 44.6 Å². The monoisotopic (exact) mass is 238 g/mol. The lowest BCUT2D eigenvalue weighted by Gasteiger charge is -2.20. The Bertz CT molecular complexity index is 430. The fraction of sp³-hybridized carbons (Fsp3) is 0.615. The molecule has 0 unspecified atom stereocenters. The first-order valence-electron chi connectivity index (χ1n) is 6.08. The molecule has 1 N–H and O–H groups in total. The Morgan fingerprint density at radius 2 is 2.12 bits per heavy atom. The maximum Gasteiger partial charge on any atom is 0.345 e. The number of ether oxygens (including phenoxy) is 1. The summed E-state index contributed by atoms with van der Waals surface area (Å²) >= 11 is 0. The molecule has 0 atom stereocenters. The normalized spacial score (nSPS) is 17.1. The van der Waals surface area contributed by atoms with Crippen molar-refractivity contribution in [1.29, 1.82) is 0 Å². The molecule has 1 aromatic rings. The summed E-state index contributed by atoms with van der Waals surface area (Å²) in [5.74, 6) is 1.45. The highest BCUT2D eigenvalue weighted by molar-refractivity contribution is 5.32. The summed E-state index contributed by atoms with van der Waals surface area (Å²) in [5, 5.41) is 9.09. The van der Waals surface area contributed by atoms with Crippen LogP contribution in [0, 0.1) is 0 Å². The van der Waals surface area contributed by atoms with Gasteiger partial charge in [0.2, 0.25) is 0 Å². The molecule has 0 amide bonds. The first-order valence-corrected chi connectivity index (χ1v) is 6.08. The highest BCUT2D eigenvalue weighted by Gasteiger charge is 2.21. The van der Waals surface area contributed by atoms with Gasteiger partial charge in [0.15, 0.2) is 0 Å². The first kappa shape index (κ1) is 12.2. The molecule has 94 valence electrons. The summed E-state index contributed by atoms with van der Waals surface area (Å²) in [6.45, 7) is -0.351. The van der Waals surface area contributed by atoms with E-state index in [1.54, 1.807) is 6.07 Å². The van der Waals surface area contributed by atoms with Crippen LogP contribution >= 0.6 is 0 Å². The van der Waals surface area contributed by atoms with E-state index in [9.17, 15) is 4.79 Å². The predicted octanol–water partition coefficient (Wildman–Crippen LogP) is 2.19. The number of hydrogen-bond donors (Lipinski definition) is 1. The molecule has 0 bridgehead atoms. The maximum atomic E-state index is 11.7. The first-order chi connectivity index (χ1) is 8.26. The molecule has 17 heavy (non-hydrogen) atoms. The van der Waals surface area contributed by atoms with Gasteiger partial charge in [-0.2, -0.15) is 0 Å². The lowest BCUT2D eigenvalue weighted by molar-refractivity contribution is 0.259. The van der Waals surface area contributed by atoms with Crippen molar-refractivity contribution >= 4 is 0 Å². The molecule has 0 aliphatic heterocycles. The molecule has 0 aromatic carbocycles. The molecule has 4 heteroatoms. The zero-order chi connectivity index (χ0) is 12.3. The van der Waals surface area contributed by atoms with E-state index < -0.39 is 5.63 Å². The Kier molecular flexibility index (Phi) is 3.84. The molecule has 0 saturated heterocycles. The molecule has 1 aliphatic carbocycles. The molecule has 2 rings (SSSR count). The van der Waals surface area contributed by atoms with Crippen LogP contribution in [0.25, 0.3) is 0 Å². The van der Waals surface area contributed by atoms with Gasteiger partial charge in [-0.25, -0.2) is 4.79 Å². The van der Waals surface area contributed by atoms with Crippen molar-refractivity contribution < 1.29 is 14.3 Å². The van der Waals surface area contributed by atoms with Crippen LogP contribution in [-0.4, -0.2) is 12.2 Å². The maximum absolute atomic E-state index is 11.7. The number of aliphatic hydroxyl groups excluding tert-OH is 1. The summed E-state index contributed by atoms with van der Waals surface area (Å²) in [7, 11) is 1.50. The minimum Gasteiger partial charge on any atom is -0.496 e. The van der Waals surface area contributed by atoms with Crippen LogP contribution in [0.15, 0.2) is 15.3 Å². The van der Waals surface area contributed by atoms with Crippen molar-refractivity contribution in [2.24, 2.45) is 0 Å². The number of methoxy groups -OCH3 is 1. The fourth-order valence-corrected chi connectivity index (χ4v) is 2.43. The third kappa shape index (κ3) is 2.52. The number of aliphatic hydroxyl groups is 1. The van der Waals surface area contributed by atoms with E-state index in [1.807, 2.05) is 0 Å². The van der Waals surface area contributed by atoms with Gasteiger partial charge in [-0.3, -0.25) is 0 Å². The van der Waals surface area contributed by atoms with E-state index in [2.05, 4.69) is 0 Å². The molecule has 0 spiro atoms. The van der Waals surface area contributed by atoms with Gasteiger partial charge in [0, 0.05) is 12.0 Å². The minimum atomic E-state index is -0.479. The summed E-state index contributed by atoms with van der Waals surface area (Å²) in [6.07, 6.45) is 5.73. The van der Waals surface area contributed by atoms with E-state index in [-0.39, 0.29) is 12.2 Å². The van der Waals surface area contributed by atoms with E-state index in [0.717, 1.165) is 12.8 Å². The number of rotatable bonds is 3. The molecule has 1 aromatic heterocycles. The second kappa shape index (κ2) is 5.36. The second-order valence-corrected chi connectivity index (χ2v) is 4.48. The van der Waals surface area contributed by atoms with Gasteiger partial charge in [0.05, 0.1) is 13.7 Å². The topological polar surface area (TPSA) is 59.7 Å². The predicted molar refractivity (Wildman–Crippen MR) is 63.3 cm³/mol. The number of hydrogen-bond acceptors (Lipinski definition) is 4. The summed E-state index contributed by atoms with van der Waals surface area (Å²) < 4.78 is 10.4. The van der Waals surface area contributed by atoms with E-state index in [0.29, 0.717) is 17.4 Å². The van der Waals surface area contributed by atoms with Gasteiger partial charge in [-0.15, -0.1) is 0 Å². The Labute approximate surface area is 100 Å². The Balaban J connectivity index is 2.35. The highest BCUT2D eigenvalue weighted by Crippen LogP contribution is 2.33. The van der Waals surface area contributed by atoms with E-state index >= 15 is 0 Å². The van der Waals surface area contributed by atoms with Gasteiger partial charge in [0.1, 0.15) is 17.1 Å². The van der Waals surface area contributed by atoms with Crippen LogP contribution in [0.4, 0.5) is 0 Å². The highest BCUT2D eigenvalue weighted by atomic mass is 16.5. The smallest absolute Gasteiger partial charge is 0.345 e. The fourth-order valence-electron chi connectivity index (χ4n) is 2.43.